The first-order chi connectivity index (χ1) is 4.70. The van der Waals surface area contributed by atoms with Crippen LogP contribution in [0.4, 0.5) is 0 Å². The Morgan fingerprint density at radius 1 is 1.10 bits per heavy atom. The van der Waals surface area contributed by atoms with Gasteiger partial charge in [-0.15, -0.1) is 0 Å². The summed E-state index contributed by atoms with van der Waals surface area (Å²) >= 11 is 0. The van der Waals surface area contributed by atoms with Crippen LogP contribution in [0.2, 0.25) is 0 Å². The van der Waals surface area contributed by atoms with Crippen molar-refractivity contribution in [3.63, 3.8) is 0 Å². The zero-order valence-corrected chi connectivity index (χ0v) is 6.76. The summed E-state index contributed by atoms with van der Waals surface area (Å²) in [6.07, 6.45) is 7.18. The summed E-state index contributed by atoms with van der Waals surface area (Å²) in [5, 5.41) is 8.95. The highest BCUT2D eigenvalue weighted by atomic mass is 16.3. The second-order valence-corrected chi connectivity index (χ2v) is 2.08. The maximum Gasteiger partial charge on any atom is 0.111 e. The Hall–Kier alpha value is -0.980. The molecule has 0 aromatic heterocycles. The van der Waals surface area contributed by atoms with E-state index >= 15 is 0 Å². The molecule has 56 valence electrons. The van der Waals surface area contributed by atoms with Crippen molar-refractivity contribution in [3.8, 4) is 0 Å². The van der Waals surface area contributed by atoms with Gasteiger partial charge in [0.15, 0.2) is 0 Å². The van der Waals surface area contributed by atoms with Crippen molar-refractivity contribution in [1.29, 1.82) is 0 Å². The van der Waals surface area contributed by atoms with E-state index in [4.69, 9.17) is 5.11 Å². The first kappa shape index (κ1) is 9.02. The Kier molecular flexibility index (Phi) is 4.38. The standard InChI is InChI=1S/C9H14O/c1-4-8(3)6-7-9(10)5-2/h4-7,10H,1-3H3/b7-6-,8-4-,9-5+. The molecule has 1 nitrogen and oxygen atoms in total. The maximum absolute atomic E-state index is 8.95. The summed E-state index contributed by atoms with van der Waals surface area (Å²) in [6, 6.07) is 0. The van der Waals surface area contributed by atoms with E-state index in [1.54, 1.807) is 19.1 Å². The van der Waals surface area contributed by atoms with Gasteiger partial charge in [-0.3, -0.25) is 0 Å². The predicted octanol–water partition coefficient (Wildman–Crippen LogP) is 2.97. The summed E-state index contributed by atoms with van der Waals surface area (Å²) < 4.78 is 0. The van der Waals surface area contributed by atoms with Crippen LogP contribution in [0.5, 0.6) is 0 Å². The molecule has 10 heavy (non-hydrogen) atoms. The molecule has 0 unspecified atom stereocenters. The molecule has 0 saturated heterocycles. The SMILES string of the molecule is C\C=C(C)/C=C\C(O)=C/C. The van der Waals surface area contributed by atoms with Crippen molar-refractivity contribution >= 4 is 0 Å². The van der Waals surface area contributed by atoms with Crippen LogP contribution in [0.1, 0.15) is 20.8 Å². The second kappa shape index (κ2) is 4.86. The minimum Gasteiger partial charge on any atom is -0.508 e. The average molecular weight is 138 g/mol. The summed E-state index contributed by atoms with van der Waals surface area (Å²) in [7, 11) is 0. The highest BCUT2D eigenvalue weighted by molar-refractivity contribution is 5.21. The van der Waals surface area contributed by atoms with Gasteiger partial charge in [-0.25, -0.2) is 0 Å². The van der Waals surface area contributed by atoms with Gasteiger partial charge in [0.2, 0.25) is 0 Å². The van der Waals surface area contributed by atoms with E-state index in [0.29, 0.717) is 5.76 Å². The normalized spacial score (nSPS) is 14.7. The molecule has 0 aliphatic carbocycles. The monoisotopic (exact) mass is 138 g/mol. The van der Waals surface area contributed by atoms with Gasteiger partial charge >= 0.3 is 0 Å². The molecule has 0 aliphatic heterocycles. The molecule has 0 aromatic carbocycles. The van der Waals surface area contributed by atoms with E-state index in [1.165, 1.54) is 0 Å². The first-order valence-electron chi connectivity index (χ1n) is 3.37. The number of aliphatic hydroxyl groups is 1. The molecule has 0 bridgehead atoms. The fraction of sp³-hybridized carbons (Fsp3) is 0.333. The van der Waals surface area contributed by atoms with Crippen LogP contribution in [-0.2, 0) is 0 Å². The lowest BCUT2D eigenvalue weighted by molar-refractivity contribution is 0.431. The molecule has 0 amide bonds. The fourth-order valence-electron chi connectivity index (χ4n) is 0.409. The zero-order chi connectivity index (χ0) is 7.98. The number of aliphatic hydroxyl groups excluding tert-OH is 1. The van der Waals surface area contributed by atoms with Crippen LogP contribution < -0.4 is 0 Å². The van der Waals surface area contributed by atoms with Gasteiger partial charge in [-0.1, -0.05) is 17.7 Å². The lowest BCUT2D eigenvalue weighted by atomic mass is 10.2. The third kappa shape index (κ3) is 3.96. The van der Waals surface area contributed by atoms with Gasteiger partial charge < -0.3 is 5.11 Å². The lowest BCUT2D eigenvalue weighted by Gasteiger charge is -1.88. The Morgan fingerprint density at radius 2 is 1.70 bits per heavy atom. The van der Waals surface area contributed by atoms with E-state index in [-0.39, 0.29) is 0 Å². The Bertz CT molecular complexity index is 153. The molecule has 0 fully saturated rings. The highest BCUT2D eigenvalue weighted by Crippen LogP contribution is 1.97. The number of hydrogen-bond donors (Lipinski definition) is 1. The second-order valence-electron chi connectivity index (χ2n) is 2.08. The molecule has 0 aliphatic rings. The Balaban J connectivity index is 4.01. The predicted molar refractivity (Wildman–Crippen MR) is 45.0 cm³/mol. The van der Waals surface area contributed by atoms with E-state index in [0.717, 1.165) is 5.57 Å². The first-order valence-corrected chi connectivity index (χ1v) is 3.37. The third-order valence-corrected chi connectivity index (χ3v) is 1.27. The molecule has 1 heteroatoms. The van der Waals surface area contributed by atoms with Crippen molar-refractivity contribution in [2.75, 3.05) is 0 Å². The van der Waals surface area contributed by atoms with Crippen LogP contribution in [0.3, 0.4) is 0 Å². The van der Waals surface area contributed by atoms with Crippen molar-refractivity contribution < 1.29 is 5.11 Å². The summed E-state index contributed by atoms with van der Waals surface area (Å²) in [6.45, 7) is 5.75. The summed E-state index contributed by atoms with van der Waals surface area (Å²) in [5.74, 6) is 0.307. The minimum absolute atomic E-state index is 0.307. The molecule has 0 atom stereocenters. The fourth-order valence-corrected chi connectivity index (χ4v) is 0.409. The minimum atomic E-state index is 0.307. The molecule has 0 rings (SSSR count). The van der Waals surface area contributed by atoms with E-state index in [2.05, 4.69) is 0 Å². The largest absolute Gasteiger partial charge is 0.508 e. The van der Waals surface area contributed by atoms with Crippen molar-refractivity contribution in [2.45, 2.75) is 20.8 Å². The molecular weight excluding hydrogens is 124 g/mol. The molecule has 0 spiro atoms. The smallest absolute Gasteiger partial charge is 0.111 e. The number of hydrogen-bond acceptors (Lipinski definition) is 1. The van der Waals surface area contributed by atoms with Crippen LogP contribution in [0.25, 0.3) is 0 Å². The average Bonchev–Trinajstić information content (AvgIpc) is 1.99. The highest BCUT2D eigenvalue weighted by Gasteiger charge is 1.80. The molecule has 0 heterocycles. The van der Waals surface area contributed by atoms with Gasteiger partial charge in [-0.05, 0) is 32.9 Å². The maximum atomic E-state index is 8.95. The van der Waals surface area contributed by atoms with Gasteiger partial charge in [0.25, 0.3) is 0 Å². The van der Waals surface area contributed by atoms with E-state index < -0.39 is 0 Å². The van der Waals surface area contributed by atoms with Gasteiger partial charge in [-0.2, -0.15) is 0 Å². The lowest BCUT2D eigenvalue weighted by Crippen LogP contribution is -1.71. The van der Waals surface area contributed by atoms with Gasteiger partial charge in [0, 0.05) is 0 Å². The van der Waals surface area contributed by atoms with Crippen LogP contribution in [0, 0.1) is 0 Å². The molecule has 0 aromatic rings. The quantitative estimate of drug-likeness (QED) is 0.459. The number of allylic oxidation sites excluding steroid dienone is 5. The Labute approximate surface area is 62.4 Å². The number of rotatable bonds is 2. The summed E-state index contributed by atoms with van der Waals surface area (Å²) in [5.41, 5.74) is 1.15. The molecule has 1 N–H and O–H groups in total. The van der Waals surface area contributed by atoms with Gasteiger partial charge in [0.1, 0.15) is 5.76 Å². The van der Waals surface area contributed by atoms with Crippen LogP contribution in [0.15, 0.2) is 35.6 Å². The van der Waals surface area contributed by atoms with E-state index in [1.807, 2.05) is 26.0 Å². The van der Waals surface area contributed by atoms with Crippen molar-refractivity contribution in [2.24, 2.45) is 0 Å². The topological polar surface area (TPSA) is 20.2 Å². The Morgan fingerprint density at radius 3 is 2.10 bits per heavy atom. The van der Waals surface area contributed by atoms with Gasteiger partial charge in [0.05, 0.1) is 0 Å². The van der Waals surface area contributed by atoms with Crippen LogP contribution >= 0.6 is 0 Å². The van der Waals surface area contributed by atoms with E-state index in [9.17, 15) is 0 Å². The molecule has 0 saturated carbocycles. The third-order valence-electron chi connectivity index (χ3n) is 1.27. The molecule has 0 radical (unpaired) electrons. The van der Waals surface area contributed by atoms with Crippen molar-refractivity contribution in [3.05, 3.63) is 35.6 Å². The van der Waals surface area contributed by atoms with Crippen LogP contribution in [-0.4, -0.2) is 5.11 Å². The summed E-state index contributed by atoms with van der Waals surface area (Å²) in [4.78, 5) is 0. The van der Waals surface area contributed by atoms with Crippen molar-refractivity contribution in [1.82, 2.24) is 0 Å². The molecular formula is C9H14O. The zero-order valence-electron chi connectivity index (χ0n) is 6.76.